The van der Waals surface area contributed by atoms with Gasteiger partial charge in [-0.25, -0.2) is 4.79 Å². The lowest BCUT2D eigenvalue weighted by molar-refractivity contribution is -0.142. The lowest BCUT2D eigenvalue weighted by atomic mass is 10.0. The SMILES string of the molecule is CC1(C)[C@@H]2[C@@H](C(=O)O)N(C(=O)c3ccc(C4CC4)[nH]3)C[C@@H]21. The number of aromatic amines is 1. The number of carboxylic acids is 1. The molecule has 0 unspecified atom stereocenters. The fraction of sp³-hybridized carbons (Fsp3) is 0.625. The van der Waals surface area contributed by atoms with E-state index >= 15 is 0 Å². The van der Waals surface area contributed by atoms with Crippen LogP contribution >= 0.6 is 0 Å². The number of rotatable bonds is 3. The number of fused-ring (bicyclic) bond motifs is 1. The smallest absolute Gasteiger partial charge is 0.326 e. The largest absolute Gasteiger partial charge is 0.480 e. The number of nitrogens with one attached hydrogen (secondary N) is 1. The van der Waals surface area contributed by atoms with Crippen LogP contribution in [0.25, 0.3) is 0 Å². The van der Waals surface area contributed by atoms with Crippen LogP contribution in [0.5, 0.6) is 0 Å². The van der Waals surface area contributed by atoms with Crippen molar-refractivity contribution in [2.75, 3.05) is 6.54 Å². The standard InChI is InChI=1S/C16H20N2O3/c1-16(2)9-7-18(13(12(9)16)15(20)21)14(19)11-6-5-10(17-11)8-3-4-8/h5-6,8-9,12-13,17H,3-4,7H2,1-2H3,(H,20,21)/t9-,12-,13-/m0/s1. The first kappa shape index (κ1) is 12.9. The summed E-state index contributed by atoms with van der Waals surface area (Å²) in [4.78, 5) is 28.9. The molecule has 5 nitrogen and oxygen atoms in total. The Hall–Kier alpha value is -1.78. The van der Waals surface area contributed by atoms with E-state index in [1.54, 1.807) is 11.0 Å². The molecule has 1 saturated heterocycles. The highest BCUT2D eigenvalue weighted by Gasteiger charge is 2.69. The second-order valence-corrected chi connectivity index (χ2v) is 7.30. The summed E-state index contributed by atoms with van der Waals surface area (Å²) in [5, 5.41) is 9.51. The number of aromatic nitrogens is 1. The molecular weight excluding hydrogens is 268 g/mol. The van der Waals surface area contributed by atoms with Gasteiger partial charge in [0.2, 0.25) is 0 Å². The zero-order valence-corrected chi connectivity index (χ0v) is 12.3. The predicted molar refractivity (Wildman–Crippen MR) is 76.0 cm³/mol. The average Bonchev–Trinajstić information content (AvgIpc) is 3.19. The first-order valence-electron chi connectivity index (χ1n) is 7.64. The summed E-state index contributed by atoms with van der Waals surface area (Å²) in [7, 11) is 0. The van der Waals surface area contributed by atoms with Gasteiger partial charge in [0.25, 0.3) is 5.91 Å². The quantitative estimate of drug-likeness (QED) is 0.894. The molecule has 21 heavy (non-hydrogen) atoms. The third-order valence-electron chi connectivity index (χ3n) is 5.68. The van der Waals surface area contributed by atoms with Crippen LogP contribution < -0.4 is 0 Å². The Morgan fingerprint density at radius 1 is 1.33 bits per heavy atom. The van der Waals surface area contributed by atoms with Crippen molar-refractivity contribution in [3.05, 3.63) is 23.5 Å². The lowest BCUT2D eigenvalue weighted by Gasteiger charge is -2.27. The summed E-state index contributed by atoms with van der Waals surface area (Å²) in [6.45, 7) is 4.76. The topological polar surface area (TPSA) is 73.4 Å². The van der Waals surface area contributed by atoms with E-state index in [1.165, 1.54) is 12.8 Å². The van der Waals surface area contributed by atoms with Gasteiger partial charge in [0.05, 0.1) is 0 Å². The van der Waals surface area contributed by atoms with E-state index < -0.39 is 12.0 Å². The Morgan fingerprint density at radius 2 is 2.05 bits per heavy atom. The molecule has 2 heterocycles. The van der Waals surface area contributed by atoms with E-state index in [2.05, 4.69) is 18.8 Å². The molecule has 1 aliphatic heterocycles. The number of hydrogen-bond acceptors (Lipinski definition) is 2. The second-order valence-electron chi connectivity index (χ2n) is 7.30. The summed E-state index contributed by atoms with van der Waals surface area (Å²) >= 11 is 0. The van der Waals surface area contributed by atoms with Gasteiger partial charge in [0.1, 0.15) is 11.7 Å². The molecule has 2 saturated carbocycles. The van der Waals surface area contributed by atoms with E-state index in [4.69, 9.17) is 0 Å². The molecule has 0 aromatic carbocycles. The molecule has 3 aliphatic rings. The van der Waals surface area contributed by atoms with Crippen LogP contribution in [0, 0.1) is 17.3 Å². The monoisotopic (exact) mass is 288 g/mol. The molecule has 0 radical (unpaired) electrons. The second kappa shape index (κ2) is 3.90. The number of carbonyl (C=O) groups is 2. The number of carbonyl (C=O) groups excluding carboxylic acids is 1. The van der Waals surface area contributed by atoms with Crippen molar-refractivity contribution in [3.8, 4) is 0 Å². The molecule has 112 valence electrons. The third kappa shape index (κ3) is 1.76. The Morgan fingerprint density at radius 3 is 2.67 bits per heavy atom. The van der Waals surface area contributed by atoms with Crippen molar-refractivity contribution < 1.29 is 14.7 Å². The Bertz CT molecular complexity index is 629. The van der Waals surface area contributed by atoms with Crippen LogP contribution in [0.15, 0.2) is 12.1 Å². The fourth-order valence-electron chi connectivity index (χ4n) is 4.10. The molecule has 3 atom stereocenters. The zero-order valence-electron chi connectivity index (χ0n) is 12.3. The third-order valence-corrected chi connectivity index (χ3v) is 5.68. The number of H-pyrrole nitrogens is 1. The number of piperidine rings is 1. The molecule has 0 spiro atoms. The molecule has 5 heteroatoms. The van der Waals surface area contributed by atoms with Gasteiger partial charge in [-0.2, -0.15) is 0 Å². The molecule has 2 aliphatic carbocycles. The summed E-state index contributed by atoms with van der Waals surface area (Å²) in [6, 6.07) is 3.08. The van der Waals surface area contributed by atoms with Crippen molar-refractivity contribution >= 4 is 11.9 Å². The first-order chi connectivity index (χ1) is 9.91. The van der Waals surface area contributed by atoms with Gasteiger partial charge in [0, 0.05) is 18.2 Å². The van der Waals surface area contributed by atoms with Gasteiger partial charge in [-0.05, 0) is 42.2 Å². The maximum Gasteiger partial charge on any atom is 0.326 e. The van der Waals surface area contributed by atoms with Gasteiger partial charge >= 0.3 is 5.97 Å². The molecule has 1 aromatic rings. The Balaban J connectivity index is 1.57. The maximum absolute atomic E-state index is 12.6. The summed E-state index contributed by atoms with van der Waals surface area (Å²) in [6.07, 6.45) is 2.35. The van der Waals surface area contributed by atoms with Crippen molar-refractivity contribution in [3.63, 3.8) is 0 Å². The highest BCUT2D eigenvalue weighted by Crippen LogP contribution is 2.64. The van der Waals surface area contributed by atoms with Crippen molar-refractivity contribution in [1.29, 1.82) is 0 Å². The normalized spacial score (nSPS) is 32.9. The number of carboxylic acid groups (broad SMARTS) is 1. The number of nitrogens with zero attached hydrogens (tertiary/aromatic N) is 1. The van der Waals surface area contributed by atoms with Crippen molar-refractivity contribution in [2.45, 2.75) is 38.6 Å². The minimum absolute atomic E-state index is 0.0503. The summed E-state index contributed by atoms with van der Waals surface area (Å²) in [5.41, 5.74) is 1.69. The van der Waals surface area contributed by atoms with E-state index in [1.807, 2.05) is 6.07 Å². The molecule has 4 rings (SSSR count). The lowest BCUT2D eigenvalue weighted by Crippen LogP contribution is -2.45. The van der Waals surface area contributed by atoms with E-state index in [0.717, 1.165) is 5.69 Å². The van der Waals surface area contributed by atoms with Crippen LogP contribution in [-0.4, -0.2) is 39.5 Å². The molecular formula is C16H20N2O3. The van der Waals surface area contributed by atoms with Crippen LogP contribution in [0.4, 0.5) is 0 Å². The molecule has 3 fully saturated rings. The van der Waals surface area contributed by atoms with E-state index in [9.17, 15) is 14.7 Å². The Labute approximate surface area is 123 Å². The van der Waals surface area contributed by atoms with Gasteiger partial charge < -0.3 is 15.0 Å². The Kier molecular flexibility index (Phi) is 2.40. The van der Waals surface area contributed by atoms with Crippen LogP contribution in [0.2, 0.25) is 0 Å². The van der Waals surface area contributed by atoms with E-state index in [0.29, 0.717) is 24.1 Å². The highest BCUT2D eigenvalue weighted by molar-refractivity contribution is 5.96. The minimum atomic E-state index is -0.879. The van der Waals surface area contributed by atoms with Gasteiger partial charge in [0.15, 0.2) is 0 Å². The number of hydrogen-bond donors (Lipinski definition) is 2. The van der Waals surface area contributed by atoms with Crippen LogP contribution in [0.3, 0.4) is 0 Å². The fourth-order valence-corrected chi connectivity index (χ4v) is 4.10. The van der Waals surface area contributed by atoms with Crippen molar-refractivity contribution in [1.82, 2.24) is 9.88 Å². The average molecular weight is 288 g/mol. The summed E-state index contributed by atoms with van der Waals surface area (Å²) in [5.74, 6) is -0.0716. The van der Waals surface area contributed by atoms with Gasteiger partial charge in [-0.3, -0.25) is 4.79 Å². The molecule has 1 aromatic heterocycles. The highest BCUT2D eigenvalue weighted by atomic mass is 16.4. The van der Waals surface area contributed by atoms with E-state index in [-0.39, 0.29) is 17.2 Å². The summed E-state index contributed by atoms with van der Waals surface area (Å²) < 4.78 is 0. The van der Waals surface area contributed by atoms with Gasteiger partial charge in [-0.1, -0.05) is 13.8 Å². The zero-order chi connectivity index (χ0) is 14.9. The number of aliphatic carboxylic acids is 1. The number of amides is 1. The van der Waals surface area contributed by atoms with Crippen molar-refractivity contribution in [2.24, 2.45) is 17.3 Å². The van der Waals surface area contributed by atoms with Crippen LogP contribution in [0.1, 0.15) is 48.8 Å². The maximum atomic E-state index is 12.6. The van der Waals surface area contributed by atoms with Gasteiger partial charge in [-0.15, -0.1) is 0 Å². The molecule has 2 N–H and O–H groups in total. The molecule has 0 bridgehead atoms. The number of likely N-dealkylation sites (tertiary alicyclic amines) is 1. The first-order valence-corrected chi connectivity index (χ1v) is 7.64. The predicted octanol–water partition coefficient (Wildman–Crippen LogP) is 2.07. The minimum Gasteiger partial charge on any atom is -0.480 e. The van der Waals surface area contributed by atoms with Crippen LogP contribution in [-0.2, 0) is 4.79 Å². The molecule has 1 amide bonds.